The number of nitrogens with zero attached hydrogens (tertiary/aromatic N) is 5. The second kappa shape index (κ2) is 6.84. The predicted octanol–water partition coefficient (Wildman–Crippen LogP) is 5.02. The summed E-state index contributed by atoms with van der Waals surface area (Å²) in [5.74, 6) is 0.643. The predicted molar refractivity (Wildman–Crippen MR) is 121 cm³/mol. The minimum Gasteiger partial charge on any atom is -0.338 e. The summed E-state index contributed by atoms with van der Waals surface area (Å²) in [5, 5.41) is 8.46. The van der Waals surface area contributed by atoms with Gasteiger partial charge in [-0.2, -0.15) is 5.10 Å². The van der Waals surface area contributed by atoms with E-state index in [0.29, 0.717) is 11.3 Å². The van der Waals surface area contributed by atoms with Crippen LogP contribution >= 0.6 is 0 Å². The highest BCUT2D eigenvalue weighted by Crippen LogP contribution is 2.33. The molecule has 0 aliphatic rings. The largest absolute Gasteiger partial charge is 0.338 e. The average molecular weight is 423 g/mol. The molecule has 5 aromatic heterocycles. The third-order valence-electron chi connectivity index (χ3n) is 5.81. The Kier molecular flexibility index (Phi) is 3.94. The highest BCUT2D eigenvalue weighted by atomic mass is 19.1. The van der Waals surface area contributed by atoms with E-state index in [2.05, 4.69) is 25.1 Å². The number of fused-ring (bicyclic) bond motifs is 2. The molecule has 6 aromatic rings. The van der Waals surface area contributed by atoms with Gasteiger partial charge < -0.3 is 9.55 Å². The lowest BCUT2D eigenvalue weighted by atomic mass is 10.0. The average Bonchev–Trinajstić information content (AvgIpc) is 3.50. The normalized spacial score (nSPS) is 11.6. The maximum absolute atomic E-state index is 13.8. The highest BCUT2D eigenvalue weighted by molar-refractivity contribution is 5.99. The minimum atomic E-state index is -0.274. The van der Waals surface area contributed by atoms with Crippen LogP contribution in [0.2, 0.25) is 0 Å². The van der Waals surface area contributed by atoms with Crippen LogP contribution in [0.3, 0.4) is 0 Å². The number of H-pyrrole nitrogens is 2. The third-order valence-corrected chi connectivity index (χ3v) is 5.81. The van der Waals surface area contributed by atoms with E-state index in [1.165, 1.54) is 12.1 Å². The van der Waals surface area contributed by atoms with Crippen molar-refractivity contribution in [2.45, 2.75) is 6.92 Å². The van der Waals surface area contributed by atoms with Gasteiger partial charge in [0.15, 0.2) is 0 Å². The van der Waals surface area contributed by atoms with E-state index in [4.69, 9.17) is 4.98 Å². The Bertz CT molecular complexity index is 1620. The summed E-state index contributed by atoms with van der Waals surface area (Å²) in [5.41, 5.74) is 7.22. The molecule has 0 spiro atoms. The van der Waals surface area contributed by atoms with Gasteiger partial charge in [-0.15, -0.1) is 0 Å². The molecule has 8 heteroatoms. The lowest BCUT2D eigenvalue weighted by Gasteiger charge is -2.03. The Labute approximate surface area is 182 Å². The van der Waals surface area contributed by atoms with Crippen molar-refractivity contribution in [1.82, 2.24) is 34.7 Å². The van der Waals surface area contributed by atoms with Crippen LogP contribution in [0.4, 0.5) is 4.39 Å². The first-order valence-electron chi connectivity index (χ1n) is 10.2. The molecule has 32 heavy (non-hydrogen) atoms. The van der Waals surface area contributed by atoms with Crippen LogP contribution in [0.25, 0.3) is 56.0 Å². The van der Waals surface area contributed by atoms with Gasteiger partial charge in [0.1, 0.15) is 28.5 Å². The van der Waals surface area contributed by atoms with E-state index in [0.717, 1.165) is 50.5 Å². The van der Waals surface area contributed by atoms with Crippen molar-refractivity contribution >= 4 is 22.1 Å². The number of aromatic amines is 2. The summed E-state index contributed by atoms with van der Waals surface area (Å²) in [7, 11) is 1.97. The van der Waals surface area contributed by atoms with Crippen molar-refractivity contribution in [3.8, 4) is 33.9 Å². The molecular weight excluding hydrogens is 405 g/mol. The van der Waals surface area contributed by atoms with Gasteiger partial charge in [0, 0.05) is 18.6 Å². The fourth-order valence-electron chi connectivity index (χ4n) is 4.03. The first-order chi connectivity index (χ1) is 15.6. The third kappa shape index (κ3) is 2.80. The van der Waals surface area contributed by atoms with Crippen LogP contribution in [0, 0.1) is 12.7 Å². The molecule has 6 rings (SSSR count). The van der Waals surface area contributed by atoms with Crippen molar-refractivity contribution in [3.63, 3.8) is 0 Å². The minimum absolute atomic E-state index is 0.274. The van der Waals surface area contributed by atoms with Crippen LogP contribution in [0.5, 0.6) is 0 Å². The van der Waals surface area contributed by atoms with E-state index < -0.39 is 0 Å². The number of benzene rings is 1. The molecule has 156 valence electrons. The fourth-order valence-corrected chi connectivity index (χ4v) is 4.03. The standard InChI is InChI=1S/C24H18FN7/c1-13-27-12-21(32(13)2)18-6-7-19-22(28-18)23(31-30-19)20-11-17-16(8-9-26-24(17)29-20)14-4-3-5-15(25)10-14/h3-12H,1-2H3,(H,26,29)(H,30,31). The number of aryl methyl sites for hydroxylation is 1. The summed E-state index contributed by atoms with van der Waals surface area (Å²) in [4.78, 5) is 17.1. The van der Waals surface area contributed by atoms with Crippen molar-refractivity contribution < 1.29 is 4.39 Å². The molecule has 0 saturated heterocycles. The number of imidazole rings is 1. The SMILES string of the molecule is Cc1ncc(-c2ccc3[nH]nc(-c4cc5c(-c6cccc(F)c6)ccnc5[nH]4)c3n2)n1C. The molecule has 0 saturated carbocycles. The van der Waals surface area contributed by atoms with E-state index in [-0.39, 0.29) is 5.82 Å². The van der Waals surface area contributed by atoms with Crippen LogP contribution in [-0.2, 0) is 7.05 Å². The smallest absolute Gasteiger partial charge is 0.138 e. The Morgan fingerprint density at radius 1 is 1.03 bits per heavy atom. The number of nitrogens with one attached hydrogen (secondary N) is 2. The van der Waals surface area contributed by atoms with Crippen molar-refractivity contribution in [2.24, 2.45) is 7.05 Å². The summed E-state index contributed by atoms with van der Waals surface area (Å²) in [6.07, 6.45) is 3.54. The Morgan fingerprint density at radius 2 is 1.94 bits per heavy atom. The summed E-state index contributed by atoms with van der Waals surface area (Å²) in [6, 6.07) is 14.3. The van der Waals surface area contributed by atoms with Gasteiger partial charge in [-0.1, -0.05) is 12.1 Å². The summed E-state index contributed by atoms with van der Waals surface area (Å²) in [6.45, 7) is 1.96. The molecule has 0 aliphatic carbocycles. The fraction of sp³-hybridized carbons (Fsp3) is 0.0833. The molecule has 0 radical (unpaired) electrons. The zero-order valence-corrected chi connectivity index (χ0v) is 17.4. The Hall–Kier alpha value is -4.33. The van der Waals surface area contributed by atoms with Gasteiger partial charge in [0.05, 0.1) is 28.8 Å². The summed E-state index contributed by atoms with van der Waals surface area (Å²) >= 11 is 0. The maximum Gasteiger partial charge on any atom is 0.138 e. The van der Waals surface area contributed by atoms with Crippen molar-refractivity contribution in [1.29, 1.82) is 0 Å². The van der Waals surface area contributed by atoms with E-state index in [1.54, 1.807) is 12.3 Å². The quantitative estimate of drug-likeness (QED) is 0.419. The van der Waals surface area contributed by atoms with Gasteiger partial charge in [-0.3, -0.25) is 5.10 Å². The van der Waals surface area contributed by atoms with E-state index in [1.807, 2.05) is 55.1 Å². The number of halogens is 1. The molecular formula is C24H18FN7. The molecule has 2 N–H and O–H groups in total. The first kappa shape index (κ1) is 18.4. The molecule has 0 unspecified atom stereocenters. The Morgan fingerprint density at radius 3 is 2.75 bits per heavy atom. The maximum atomic E-state index is 13.8. The monoisotopic (exact) mass is 423 g/mol. The zero-order chi connectivity index (χ0) is 21.8. The van der Waals surface area contributed by atoms with Crippen LogP contribution < -0.4 is 0 Å². The lowest BCUT2D eigenvalue weighted by Crippen LogP contribution is -1.96. The van der Waals surface area contributed by atoms with Crippen molar-refractivity contribution in [2.75, 3.05) is 0 Å². The number of hydrogen-bond acceptors (Lipinski definition) is 4. The molecule has 0 amide bonds. The molecule has 0 atom stereocenters. The molecule has 0 fully saturated rings. The van der Waals surface area contributed by atoms with Crippen LogP contribution in [-0.4, -0.2) is 34.7 Å². The van der Waals surface area contributed by atoms with Gasteiger partial charge >= 0.3 is 0 Å². The second-order valence-electron chi connectivity index (χ2n) is 7.73. The van der Waals surface area contributed by atoms with Gasteiger partial charge in [-0.25, -0.2) is 19.3 Å². The molecule has 5 heterocycles. The number of rotatable bonds is 3. The topological polar surface area (TPSA) is 88.1 Å². The number of pyridine rings is 2. The van der Waals surface area contributed by atoms with Crippen LogP contribution in [0.15, 0.2) is 60.9 Å². The number of aromatic nitrogens is 7. The Balaban J connectivity index is 1.52. The van der Waals surface area contributed by atoms with E-state index in [9.17, 15) is 4.39 Å². The van der Waals surface area contributed by atoms with E-state index >= 15 is 0 Å². The number of hydrogen-bond donors (Lipinski definition) is 2. The van der Waals surface area contributed by atoms with Gasteiger partial charge in [-0.05, 0) is 54.4 Å². The zero-order valence-electron chi connectivity index (χ0n) is 17.4. The lowest BCUT2D eigenvalue weighted by molar-refractivity contribution is 0.628. The molecule has 0 bridgehead atoms. The highest BCUT2D eigenvalue weighted by Gasteiger charge is 2.17. The first-order valence-corrected chi connectivity index (χ1v) is 10.2. The summed E-state index contributed by atoms with van der Waals surface area (Å²) < 4.78 is 15.8. The second-order valence-corrected chi connectivity index (χ2v) is 7.73. The molecule has 0 aliphatic heterocycles. The molecule has 1 aromatic carbocycles. The van der Waals surface area contributed by atoms with Crippen LogP contribution in [0.1, 0.15) is 5.82 Å². The molecule has 7 nitrogen and oxygen atoms in total. The van der Waals surface area contributed by atoms with Crippen molar-refractivity contribution in [3.05, 3.63) is 72.6 Å². The van der Waals surface area contributed by atoms with Gasteiger partial charge in [0.2, 0.25) is 0 Å². The van der Waals surface area contributed by atoms with Gasteiger partial charge in [0.25, 0.3) is 0 Å².